The minimum absolute atomic E-state index is 0.0394. The topological polar surface area (TPSA) is 63.2 Å². The van der Waals surface area contributed by atoms with Gasteiger partial charge in [0.2, 0.25) is 0 Å². The Morgan fingerprint density at radius 2 is 1.96 bits per heavy atom. The molecule has 0 unspecified atom stereocenters. The Morgan fingerprint density at radius 1 is 1.27 bits per heavy atom. The monoisotopic (exact) mass is 429 g/mol. The molecule has 0 spiro atoms. The molecule has 3 aromatic rings. The zero-order chi connectivity index (χ0) is 18.8. The van der Waals surface area contributed by atoms with Crippen LogP contribution in [0.3, 0.4) is 0 Å². The van der Waals surface area contributed by atoms with Crippen molar-refractivity contribution in [1.82, 2.24) is 10.3 Å². The van der Waals surface area contributed by atoms with E-state index in [9.17, 15) is 9.18 Å². The molecule has 1 amide bonds. The number of amides is 1. The van der Waals surface area contributed by atoms with Crippen molar-refractivity contribution in [3.8, 4) is 5.75 Å². The number of hydrogen-bond donors (Lipinski definition) is 2. The largest absolute Gasteiger partial charge is 0.494 e. The van der Waals surface area contributed by atoms with E-state index in [1.807, 2.05) is 0 Å². The Bertz CT molecular complexity index is 1000. The number of methoxy groups -OCH3 is 1. The number of anilines is 1. The molecule has 10 heteroatoms. The van der Waals surface area contributed by atoms with E-state index < -0.39 is 5.91 Å². The molecular weight excluding hydrogens is 420 g/mol. The number of nitrogens with zero attached hydrogens (tertiary/aromatic N) is 1. The molecule has 134 valence electrons. The Labute approximate surface area is 167 Å². The summed E-state index contributed by atoms with van der Waals surface area (Å²) in [6.45, 7) is 0. The molecule has 1 heterocycles. The van der Waals surface area contributed by atoms with Crippen LogP contribution in [0, 0.1) is 5.82 Å². The number of carbonyl (C=O) groups excluding carboxylic acids is 1. The molecule has 0 radical (unpaired) electrons. The summed E-state index contributed by atoms with van der Waals surface area (Å²) in [5, 5.41) is 6.19. The van der Waals surface area contributed by atoms with Crippen LogP contribution >= 0.6 is 46.8 Å². The average Bonchev–Trinajstić information content (AvgIpc) is 2.95. The molecule has 2 aromatic carbocycles. The van der Waals surface area contributed by atoms with Gasteiger partial charge in [-0.15, -0.1) is 0 Å². The van der Waals surface area contributed by atoms with Gasteiger partial charge in [0.1, 0.15) is 5.82 Å². The molecule has 0 bridgehead atoms. The van der Waals surface area contributed by atoms with Crippen molar-refractivity contribution in [2.75, 3.05) is 12.4 Å². The molecule has 26 heavy (non-hydrogen) atoms. The van der Waals surface area contributed by atoms with Gasteiger partial charge in [-0.2, -0.15) is 0 Å². The summed E-state index contributed by atoms with van der Waals surface area (Å²) in [6, 6.07) is 7.11. The van der Waals surface area contributed by atoms with Crippen LogP contribution in [-0.2, 0) is 0 Å². The molecule has 0 fully saturated rings. The van der Waals surface area contributed by atoms with Crippen molar-refractivity contribution in [2.45, 2.75) is 0 Å². The van der Waals surface area contributed by atoms with Crippen LogP contribution in [0.15, 0.2) is 30.3 Å². The van der Waals surface area contributed by atoms with Crippen molar-refractivity contribution < 1.29 is 13.9 Å². The highest BCUT2D eigenvalue weighted by molar-refractivity contribution is 7.80. The quantitative estimate of drug-likeness (QED) is 0.580. The lowest BCUT2D eigenvalue weighted by molar-refractivity contribution is 0.0977. The van der Waals surface area contributed by atoms with E-state index >= 15 is 0 Å². The van der Waals surface area contributed by atoms with Gasteiger partial charge in [0, 0.05) is 5.56 Å². The van der Waals surface area contributed by atoms with Crippen LogP contribution in [0.4, 0.5) is 9.52 Å². The van der Waals surface area contributed by atoms with Gasteiger partial charge >= 0.3 is 0 Å². The first kappa shape index (κ1) is 18.8. The molecule has 0 saturated heterocycles. The first-order chi connectivity index (χ1) is 12.4. The number of fused-ring (bicyclic) bond motifs is 1. The second kappa shape index (κ2) is 7.71. The van der Waals surface area contributed by atoms with Gasteiger partial charge in [0.25, 0.3) is 5.91 Å². The van der Waals surface area contributed by atoms with Crippen molar-refractivity contribution in [2.24, 2.45) is 0 Å². The number of hydrogen-bond acceptors (Lipinski definition) is 5. The van der Waals surface area contributed by atoms with E-state index in [2.05, 4.69) is 15.6 Å². The second-order valence-electron chi connectivity index (χ2n) is 5.01. The Balaban J connectivity index is 1.71. The van der Waals surface area contributed by atoms with Gasteiger partial charge in [-0.05, 0) is 42.5 Å². The fourth-order valence-electron chi connectivity index (χ4n) is 2.14. The van der Waals surface area contributed by atoms with E-state index in [0.717, 1.165) is 0 Å². The standard InChI is InChI=1S/C16H10Cl2FN3O2S2/c1-24-13-9(17)4-7(5-10(13)18)14(23)21-15(25)22-16-20-11-3-2-8(19)6-12(11)26-16/h2-6H,1H3,(H2,20,21,22,23,25). The molecule has 0 aliphatic carbocycles. The summed E-state index contributed by atoms with van der Waals surface area (Å²) >= 11 is 18.4. The lowest BCUT2D eigenvalue weighted by Gasteiger charge is -2.10. The van der Waals surface area contributed by atoms with Crippen molar-refractivity contribution in [3.63, 3.8) is 0 Å². The SMILES string of the molecule is COc1c(Cl)cc(C(=O)NC(=S)Nc2nc3ccc(F)cc3s2)cc1Cl. The fourth-order valence-corrected chi connectivity index (χ4v) is 3.93. The van der Waals surface area contributed by atoms with E-state index in [4.69, 9.17) is 40.2 Å². The Kier molecular flexibility index (Phi) is 5.57. The summed E-state index contributed by atoms with van der Waals surface area (Å²) in [6.07, 6.45) is 0. The van der Waals surface area contributed by atoms with Crippen molar-refractivity contribution >= 4 is 73.1 Å². The van der Waals surface area contributed by atoms with Crippen LogP contribution in [0.5, 0.6) is 5.75 Å². The van der Waals surface area contributed by atoms with E-state index in [-0.39, 0.29) is 32.3 Å². The molecule has 2 N–H and O–H groups in total. The molecule has 0 atom stereocenters. The number of rotatable bonds is 3. The predicted octanol–water partition coefficient (Wildman–Crippen LogP) is 4.88. The Hall–Kier alpha value is -2.00. The van der Waals surface area contributed by atoms with Gasteiger partial charge in [-0.25, -0.2) is 9.37 Å². The predicted molar refractivity (Wildman–Crippen MR) is 106 cm³/mol. The van der Waals surface area contributed by atoms with Gasteiger partial charge in [0.05, 0.1) is 27.4 Å². The number of benzene rings is 2. The van der Waals surface area contributed by atoms with Crippen molar-refractivity contribution in [3.05, 3.63) is 51.8 Å². The molecule has 3 rings (SSSR count). The van der Waals surface area contributed by atoms with Crippen LogP contribution in [0.25, 0.3) is 10.2 Å². The normalized spacial score (nSPS) is 10.6. The molecule has 0 aliphatic rings. The summed E-state index contributed by atoms with van der Waals surface area (Å²) in [5.74, 6) is -0.565. The zero-order valence-electron chi connectivity index (χ0n) is 13.1. The highest BCUT2D eigenvalue weighted by Gasteiger charge is 2.15. The van der Waals surface area contributed by atoms with Crippen LogP contribution < -0.4 is 15.4 Å². The molecule has 0 saturated carbocycles. The molecule has 5 nitrogen and oxygen atoms in total. The molecular formula is C16H10Cl2FN3O2S2. The summed E-state index contributed by atoms with van der Waals surface area (Å²) < 4.78 is 18.9. The number of thiazole rings is 1. The summed E-state index contributed by atoms with van der Waals surface area (Å²) in [5.41, 5.74) is 0.845. The maximum atomic E-state index is 13.2. The highest BCUT2D eigenvalue weighted by atomic mass is 35.5. The van der Waals surface area contributed by atoms with Crippen LogP contribution in [0.1, 0.15) is 10.4 Å². The van der Waals surface area contributed by atoms with Crippen LogP contribution in [-0.4, -0.2) is 23.1 Å². The van der Waals surface area contributed by atoms with E-state index in [0.29, 0.717) is 15.3 Å². The number of halogens is 3. The Morgan fingerprint density at radius 3 is 2.62 bits per heavy atom. The summed E-state index contributed by atoms with van der Waals surface area (Å²) in [4.78, 5) is 16.6. The van der Waals surface area contributed by atoms with Gasteiger partial charge in [0.15, 0.2) is 16.0 Å². The van der Waals surface area contributed by atoms with E-state index in [1.54, 1.807) is 6.07 Å². The first-order valence-electron chi connectivity index (χ1n) is 7.09. The summed E-state index contributed by atoms with van der Waals surface area (Å²) in [7, 11) is 1.43. The first-order valence-corrected chi connectivity index (χ1v) is 9.07. The number of carbonyl (C=O) groups is 1. The van der Waals surface area contributed by atoms with Gasteiger partial charge in [-0.3, -0.25) is 10.1 Å². The third kappa shape index (κ3) is 4.04. The molecule has 1 aromatic heterocycles. The second-order valence-corrected chi connectivity index (χ2v) is 7.27. The van der Waals surface area contributed by atoms with Gasteiger partial charge in [-0.1, -0.05) is 34.5 Å². The number of nitrogens with one attached hydrogen (secondary N) is 2. The number of aromatic nitrogens is 1. The average molecular weight is 430 g/mol. The van der Waals surface area contributed by atoms with Crippen LogP contribution in [0.2, 0.25) is 10.0 Å². The fraction of sp³-hybridized carbons (Fsp3) is 0.0625. The lowest BCUT2D eigenvalue weighted by Crippen LogP contribution is -2.34. The third-order valence-electron chi connectivity index (χ3n) is 3.26. The third-order valence-corrected chi connectivity index (χ3v) is 4.96. The highest BCUT2D eigenvalue weighted by Crippen LogP contribution is 2.33. The number of thiocarbonyl (C=S) groups is 1. The maximum Gasteiger partial charge on any atom is 0.257 e. The molecule has 0 aliphatic heterocycles. The maximum absolute atomic E-state index is 13.2. The van der Waals surface area contributed by atoms with E-state index in [1.165, 1.54) is 42.7 Å². The smallest absolute Gasteiger partial charge is 0.257 e. The van der Waals surface area contributed by atoms with Crippen molar-refractivity contribution in [1.29, 1.82) is 0 Å². The number of ether oxygens (including phenoxy) is 1. The minimum Gasteiger partial charge on any atom is -0.494 e. The minimum atomic E-state index is -0.499. The van der Waals surface area contributed by atoms with Gasteiger partial charge < -0.3 is 10.1 Å². The zero-order valence-corrected chi connectivity index (χ0v) is 16.2. The lowest BCUT2D eigenvalue weighted by atomic mass is 10.2.